The zero-order valence-corrected chi connectivity index (χ0v) is 15.2. The van der Waals surface area contributed by atoms with Crippen molar-refractivity contribution in [2.24, 2.45) is 0 Å². The van der Waals surface area contributed by atoms with Gasteiger partial charge in [-0.05, 0) is 24.3 Å². The van der Waals surface area contributed by atoms with E-state index < -0.39 is 11.5 Å². The van der Waals surface area contributed by atoms with Crippen LogP contribution in [0.5, 0.6) is 0 Å². The highest BCUT2D eigenvalue weighted by Crippen LogP contribution is 2.26. The Bertz CT molecular complexity index is 1360. The Kier molecular flexibility index (Phi) is 3.80. The molecule has 136 valence electrons. The summed E-state index contributed by atoms with van der Waals surface area (Å²) in [5, 5.41) is 6.43. The van der Waals surface area contributed by atoms with Gasteiger partial charge >= 0.3 is 5.63 Å². The standard InChI is InChI=1S/C21H12N2O4S/c24-19(18-10-13-6-2-3-7-16(13)26-18)23-21-22-15(11-28-21)14-9-12-5-1-4-8-17(12)27-20(14)25/h1-11H,(H,22,23,24). The molecule has 0 fully saturated rings. The zero-order valence-electron chi connectivity index (χ0n) is 14.3. The molecule has 6 nitrogen and oxygen atoms in total. The lowest BCUT2D eigenvalue weighted by Gasteiger charge is -1.99. The Morgan fingerprint density at radius 1 is 0.929 bits per heavy atom. The number of hydrogen-bond acceptors (Lipinski definition) is 6. The first-order valence-electron chi connectivity index (χ1n) is 8.46. The monoisotopic (exact) mass is 388 g/mol. The summed E-state index contributed by atoms with van der Waals surface area (Å²) in [6.07, 6.45) is 0. The van der Waals surface area contributed by atoms with Crippen LogP contribution in [0.15, 0.2) is 79.7 Å². The largest absolute Gasteiger partial charge is 0.451 e. The Morgan fingerprint density at radius 2 is 1.61 bits per heavy atom. The van der Waals surface area contributed by atoms with Gasteiger partial charge in [0.1, 0.15) is 11.2 Å². The van der Waals surface area contributed by atoms with Gasteiger partial charge in [-0.25, -0.2) is 9.78 Å². The van der Waals surface area contributed by atoms with Crippen molar-refractivity contribution in [3.05, 3.63) is 82.2 Å². The van der Waals surface area contributed by atoms with Gasteiger partial charge in [0.2, 0.25) is 0 Å². The molecule has 3 heterocycles. The molecule has 2 aromatic carbocycles. The van der Waals surface area contributed by atoms with E-state index in [0.29, 0.717) is 27.6 Å². The number of hydrogen-bond donors (Lipinski definition) is 1. The first kappa shape index (κ1) is 16.5. The number of benzene rings is 2. The lowest BCUT2D eigenvalue weighted by Crippen LogP contribution is -2.10. The van der Waals surface area contributed by atoms with Gasteiger partial charge in [0.25, 0.3) is 5.91 Å². The molecule has 5 rings (SSSR count). The number of anilines is 1. The fourth-order valence-corrected chi connectivity index (χ4v) is 3.65. The molecule has 0 bridgehead atoms. The van der Waals surface area contributed by atoms with E-state index in [2.05, 4.69) is 10.3 Å². The third-order valence-corrected chi connectivity index (χ3v) is 5.05. The molecule has 0 saturated carbocycles. The van der Waals surface area contributed by atoms with Crippen molar-refractivity contribution in [3.63, 3.8) is 0 Å². The summed E-state index contributed by atoms with van der Waals surface area (Å²) in [7, 11) is 0. The first-order valence-corrected chi connectivity index (χ1v) is 9.34. The van der Waals surface area contributed by atoms with E-state index in [1.54, 1.807) is 35.7 Å². The lowest BCUT2D eigenvalue weighted by molar-refractivity contribution is 0.0998. The van der Waals surface area contributed by atoms with Crippen LogP contribution in [0.1, 0.15) is 10.6 Å². The number of amides is 1. The van der Waals surface area contributed by atoms with Gasteiger partial charge in [-0.1, -0.05) is 36.4 Å². The zero-order chi connectivity index (χ0) is 19.1. The molecule has 0 unspecified atom stereocenters. The first-order chi connectivity index (χ1) is 13.7. The van der Waals surface area contributed by atoms with Crippen molar-refractivity contribution in [2.45, 2.75) is 0 Å². The predicted octanol–water partition coefficient (Wildman–Crippen LogP) is 4.92. The van der Waals surface area contributed by atoms with Crippen molar-refractivity contribution < 1.29 is 13.6 Å². The van der Waals surface area contributed by atoms with Gasteiger partial charge in [-0.15, -0.1) is 11.3 Å². The number of nitrogens with one attached hydrogen (secondary N) is 1. The minimum Gasteiger partial charge on any atom is -0.451 e. The maximum absolute atomic E-state index is 12.5. The Morgan fingerprint density at radius 3 is 2.36 bits per heavy atom. The molecule has 0 spiro atoms. The van der Waals surface area contributed by atoms with Crippen molar-refractivity contribution in [1.82, 2.24) is 4.98 Å². The van der Waals surface area contributed by atoms with Crippen LogP contribution in [-0.2, 0) is 0 Å². The maximum Gasteiger partial charge on any atom is 0.345 e. The number of rotatable bonds is 3. The van der Waals surface area contributed by atoms with Crippen molar-refractivity contribution in [3.8, 4) is 11.3 Å². The van der Waals surface area contributed by atoms with Crippen LogP contribution < -0.4 is 10.9 Å². The van der Waals surface area contributed by atoms with Crippen molar-refractivity contribution in [1.29, 1.82) is 0 Å². The minimum absolute atomic E-state index is 0.197. The van der Waals surface area contributed by atoms with E-state index in [4.69, 9.17) is 8.83 Å². The van der Waals surface area contributed by atoms with Crippen molar-refractivity contribution >= 4 is 44.3 Å². The molecule has 0 aliphatic carbocycles. The summed E-state index contributed by atoms with van der Waals surface area (Å²) in [4.78, 5) is 29.1. The molecular weight excluding hydrogens is 376 g/mol. The highest BCUT2D eigenvalue weighted by Gasteiger charge is 2.16. The van der Waals surface area contributed by atoms with Gasteiger partial charge in [0, 0.05) is 16.2 Å². The van der Waals surface area contributed by atoms with Gasteiger partial charge in [0.15, 0.2) is 10.9 Å². The number of furan rings is 1. The van der Waals surface area contributed by atoms with Crippen LogP contribution in [0, 0.1) is 0 Å². The average Bonchev–Trinajstić information content (AvgIpc) is 3.34. The van der Waals surface area contributed by atoms with E-state index >= 15 is 0 Å². The van der Waals surface area contributed by atoms with E-state index in [0.717, 1.165) is 10.8 Å². The lowest BCUT2D eigenvalue weighted by atomic mass is 10.1. The van der Waals surface area contributed by atoms with Gasteiger partial charge in [0.05, 0.1) is 11.3 Å². The fourth-order valence-electron chi connectivity index (χ4n) is 2.95. The summed E-state index contributed by atoms with van der Waals surface area (Å²) in [5.41, 5.74) is 1.48. The Hall–Kier alpha value is -3.71. The molecule has 0 saturated heterocycles. The molecule has 5 aromatic rings. The molecule has 1 amide bonds. The molecule has 0 aliphatic heterocycles. The smallest absolute Gasteiger partial charge is 0.345 e. The predicted molar refractivity (Wildman–Crippen MR) is 108 cm³/mol. The van der Waals surface area contributed by atoms with Crippen LogP contribution in [-0.4, -0.2) is 10.9 Å². The molecule has 0 radical (unpaired) electrons. The van der Waals surface area contributed by atoms with Crippen LogP contribution in [0.25, 0.3) is 33.2 Å². The number of fused-ring (bicyclic) bond motifs is 2. The second kappa shape index (κ2) is 6.47. The summed E-state index contributed by atoms with van der Waals surface area (Å²) in [5.74, 6) is -0.203. The number of nitrogens with zero attached hydrogens (tertiary/aromatic N) is 1. The van der Waals surface area contributed by atoms with Gasteiger partial charge < -0.3 is 8.83 Å². The topological polar surface area (TPSA) is 85.3 Å². The highest BCUT2D eigenvalue weighted by atomic mass is 32.1. The summed E-state index contributed by atoms with van der Waals surface area (Å²) in [6.45, 7) is 0. The molecule has 0 atom stereocenters. The Labute approximate surface area is 162 Å². The normalized spacial score (nSPS) is 11.1. The average molecular weight is 388 g/mol. The summed E-state index contributed by atoms with van der Waals surface area (Å²) >= 11 is 1.22. The number of aromatic nitrogens is 1. The molecule has 0 aliphatic rings. The van der Waals surface area contributed by atoms with E-state index in [9.17, 15) is 9.59 Å². The number of carbonyl (C=O) groups excluding carboxylic acids is 1. The minimum atomic E-state index is -0.473. The fraction of sp³-hybridized carbons (Fsp3) is 0. The highest BCUT2D eigenvalue weighted by molar-refractivity contribution is 7.14. The van der Waals surface area contributed by atoms with Crippen LogP contribution in [0.3, 0.4) is 0 Å². The van der Waals surface area contributed by atoms with Gasteiger partial charge in [-0.2, -0.15) is 0 Å². The SMILES string of the molecule is O=C(Nc1nc(-c2cc3ccccc3oc2=O)cs1)c1cc2ccccc2o1. The molecule has 1 N–H and O–H groups in total. The maximum atomic E-state index is 12.5. The number of para-hydroxylation sites is 2. The quantitative estimate of drug-likeness (QED) is 0.444. The molecule has 7 heteroatoms. The molecule has 28 heavy (non-hydrogen) atoms. The van der Waals surface area contributed by atoms with E-state index in [1.807, 2.05) is 30.3 Å². The van der Waals surface area contributed by atoms with E-state index in [-0.39, 0.29) is 5.76 Å². The molecule has 3 aromatic heterocycles. The van der Waals surface area contributed by atoms with Crippen LogP contribution >= 0.6 is 11.3 Å². The summed E-state index contributed by atoms with van der Waals surface area (Å²) in [6, 6.07) is 18.1. The van der Waals surface area contributed by atoms with E-state index in [1.165, 1.54) is 11.3 Å². The molecular formula is C21H12N2O4S. The second-order valence-corrected chi connectivity index (χ2v) is 6.98. The third-order valence-electron chi connectivity index (χ3n) is 4.29. The van der Waals surface area contributed by atoms with Crippen LogP contribution in [0.2, 0.25) is 0 Å². The van der Waals surface area contributed by atoms with Crippen LogP contribution in [0.4, 0.5) is 5.13 Å². The summed E-state index contributed by atoms with van der Waals surface area (Å²) < 4.78 is 10.9. The second-order valence-electron chi connectivity index (χ2n) is 6.13. The number of carbonyl (C=O) groups is 1. The number of thiazole rings is 1. The Balaban J connectivity index is 1.44. The third kappa shape index (κ3) is 2.87. The van der Waals surface area contributed by atoms with Crippen molar-refractivity contribution in [2.75, 3.05) is 5.32 Å². The van der Waals surface area contributed by atoms with Gasteiger partial charge in [-0.3, -0.25) is 10.1 Å².